The molecule has 0 bridgehead atoms. The molecule has 3 nitrogen and oxygen atoms in total. The van der Waals surface area contributed by atoms with Crippen LogP contribution < -0.4 is 5.73 Å². The minimum Gasteiger partial charge on any atom is -0.341 e. The first-order valence-electron chi connectivity index (χ1n) is 6.79. The molecule has 20 heavy (non-hydrogen) atoms. The highest BCUT2D eigenvalue weighted by Gasteiger charge is 2.19. The Labute approximate surface area is 122 Å². The van der Waals surface area contributed by atoms with Gasteiger partial charge in [-0.15, -0.1) is 0 Å². The predicted molar refractivity (Wildman–Crippen MR) is 83.5 cm³/mol. The Balaban J connectivity index is 3.01. The summed E-state index contributed by atoms with van der Waals surface area (Å²) in [6, 6.07) is 5.69. The van der Waals surface area contributed by atoms with E-state index in [4.69, 9.17) is 5.73 Å². The second kappa shape index (κ2) is 6.58. The fourth-order valence-electron chi connectivity index (χ4n) is 2.14. The lowest BCUT2D eigenvalue weighted by molar-refractivity contribution is 0.0745. The molecule has 108 valence electrons. The first-order valence-corrected chi connectivity index (χ1v) is 6.79. The van der Waals surface area contributed by atoms with E-state index in [9.17, 15) is 4.79 Å². The molecule has 1 rings (SSSR count). The van der Waals surface area contributed by atoms with E-state index in [0.29, 0.717) is 18.7 Å². The molecule has 0 saturated carbocycles. The molecular formula is C17H24N2O. The Morgan fingerprint density at radius 2 is 1.95 bits per heavy atom. The number of benzene rings is 1. The van der Waals surface area contributed by atoms with Crippen molar-refractivity contribution in [1.82, 2.24) is 4.90 Å². The number of amides is 1. The number of nitrogens with two attached hydrogens (primary N) is 1. The zero-order valence-electron chi connectivity index (χ0n) is 13.1. The number of carbonyl (C=O) groups excluding carboxylic acids is 1. The number of carbonyl (C=O) groups is 1. The number of hydrogen-bond donors (Lipinski definition) is 1. The molecule has 1 aromatic rings. The summed E-state index contributed by atoms with van der Waals surface area (Å²) in [6.07, 6.45) is 0. The third-order valence-corrected chi connectivity index (χ3v) is 2.72. The van der Waals surface area contributed by atoms with Gasteiger partial charge >= 0.3 is 0 Å². The van der Waals surface area contributed by atoms with Gasteiger partial charge in [0.15, 0.2) is 0 Å². The van der Waals surface area contributed by atoms with Crippen molar-refractivity contribution in [2.75, 3.05) is 20.1 Å². The summed E-state index contributed by atoms with van der Waals surface area (Å²) < 4.78 is 0. The number of nitrogens with zero attached hydrogens (tertiary/aromatic N) is 1. The summed E-state index contributed by atoms with van der Waals surface area (Å²) in [6.45, 7) is 9.35. The third kappa shape index (κ3) is 5.07. The molecule has 1 amide bonds. The van der Waals surface area contributed by atoms with Gasteiger partial charge in [0.2, 0.25) is 0 Å². The summed E-state index contributed by atoms with van der Waals surface area (Å²) in [5.41, 5.74) is 8.00. The molecule has 3 heteroatoms. The number of rotatable bonds is 2. The van der Waals surface area contributed by atoms with Crippen LogP contribution in [-0.4, -0.2) is 30.9 Å². The summed E-state index contributed by atoms with van der Waals surface area (Å²) in [4.78, 5) is 14.2. The Bertz CT molecular complexity index is 544. The van der Waals surface area contributed by atoms with E-state index in [0.717, 1.165) is 11.1 Å². The van der Waals surface area contributed by atoms with Gasteiger partial charge in [-0.25, -0.2) is 0 Å². The van der Waals surface area contributed by atoms with E-state index in [1.807, 2.05) is 32.2 Å². The first-order chi connectivity index (χ1) is 9.23. The zero-order valence-corrected chi connectivity index (χ0v) is 13.1. The van der Waals surface area contributed by atoms with Crippen LogP contribution in [0.15, 0.2) is 18.2 Å². The van der Waals surface area contributed by atoms with Crippen molar-refractivity contribution in [2.45, 2.75) is 27.7 Å². The molecule has 2 N–H and O–H groups in total. The number of aryl methyl sites for hydroxylation is 1. The zero-order chi connectivity index (χ0) is 15.3. The van der Waals surface area contributed by atoms with Gasteiger partial charge in [0.1, 0.15) is 0 Å². The second-order valence-corrected chi connectivity index (χ2v) is 6.32. The SMILES string of the molecule is Cc1cc(C#CCN)cc(C(=O)N(C)CC(C)(C)C)c1. The van der Waals surface area contributed by atoms with Gasteiger partial charge in [-0.2, -0.15) is 0 Å². The fraction of sp³-hybridized carbons (Fsp3) is 0.471. The van der Waals surface area contributed by atoms with Crippen molar-refractivity contribution in [2.24, 2.45) is 11.1 Å². The Kier molecular flexibility index (Phi) is 5.35. The van der Waals surface area contributed by atoms with E-state index in [1.54, 1.807) is 4.90 Å². The molecule has 0 atom stereocenters. The first kappa shape index (κ1) is 16.3. The van der Waals surface area contributed by atoms with Gasteiger partial charge < -0.3 is 10.6 Å². The lowest BCUT2D eigenvalue weighted by Crippen LogP contribution is -2.34. The quantitative estimate of drug-likeness (QED) is 0.840. The van der Waals surface area contributed by atoms with Crippen LogP contribution >= 0.6 is 0 Å². The summed E-state index contributed by atoms with van der Waals surface area (Å²) >= 11 is 0. The van der Waals surface area contributed by atoms with Gasteiger partial charge in [-0.3, -0.25) is 4.79 Å². The standard InChI is InChI=1S/C17H24N2O/c1-13-9-14(7-6-8-18)11-15(10-13)16(20)19(5)12-17(2,3)4/h9-11H,8,12,18H2,1-5H3. The van der Waals surface area contributed by atoms with Crippen molar-refractivity contribution >= 4 is 5.91 Å². The van der Waals surface area contributed by atoms with Gasteiger partial charge in [-0.1, -0.05) is 32.6 Å². The summed E-state index contributed by atoms with van der Waals surface area (Å²) in [5.74, 6) is 5.83. The highest BCUT2D eigenvalue weighted by atomic mass is 16.2. The molecule has 0 spiro atoms. The summed E-state index contributed by atoms with van der Waals surface area (Å²) in [5, 5.41) is 0. The third-order valence-electron chi connectivity index (χ3n) is 2.72. The van der Waals surface area contributed by atoms with Crippen LogP contribution in [0, 0.1) is 24.2 Å². The average Bonchev–Trinajstić information content (AvgIpc) is 2.32. The van der Waals surface area contributed by atoms with Crippen LogP contribution in [0.4, 0.5) is 0 Å². The highest BCUT2D eigenvalue weighted by molar-refractivity contribution is 5.94. The van der Waals surface area contributed by atoms with Crippen molar-refractivity contribution in [3.05, 3.63) is 34.9 Å². The maximum Gasteiger partial charge on any atom is 0.253 e. The van der Waals surface area contributed by atoms with Crippen LogP contribution in [0.5, 0.6) is 0 Å². The second-order valence-electron chi connectivity index (χ2n) is 6.32. The summed E-state index contributed by atoms with van der Waals surface area (Å²) in [7, 11) is 1.83. The molecule has 0 radical (unpaired) electrons. The molecule has 0 unspecified atom stereocenters. The smallest absolute Gasteiger partial charge is 0.253 e. The van der Waals surface area contributed by atoms with E-state index in [-0.39, 0.29) is 11.3 Å². The molecule has 0 fully saturated rings. The normalized spacial score (nSPS) is 10.7. The molecule has 0 heterocycles. The lowest BCUT2D eigenvalue weighted by Gasteiger charge is -2.26. The van der Waals surface area contributed by atoms with Crippen LogP contribution in [0.2, 0.25) is 0 Å². The maximum atomic E-state index is 12.5. The van der Waals surface area contributed by atoms with Crippen LogP contribution in [0.3, 0.4) is 0 Å². The molecular weight excluding hydrogens is 248 g/mol. The Morgan fingerprint density at radius 3 is 2.50 bits per heavy atom. The number of hydrogen-bond acceptors (Lipinski definition) is 2. The Hall–Kier alpha value is -1.79. The fourth-order valence-corrected chi connectivity index (χ4v) is 2.14. The van der Waals surface area contributed by atoms with Crippen LogP contribution in [0.1, 0.15) is 42.3 Å². The van der Waals surface area contributed by atoms with E-state index < -0.39 is 0 Å². The largest absolute Gasteiger partial charge is 0.341 e. The van der Waals surface area contributed by atoms with Crippen molar-refractivity contribution in [3.63, 3.8) is 0 Å². The predicted octanol–water partition coefficient (Wildman–Crippen LogP) is 2.42. The van der Waals surface area contributed by atoms with E-state index in [1.165, 1.54) is 0 Å². The van der Waals surface area contributed by atoms with E-state index >= 15 is 0 Å². The molecule has 0 aliphatic heterocycles. The minimum atomic E-state index is 0.0272. The van der Waals surface area contributed by atoms with Gasteiger partial charge in [0, 0.05) is 24.7 Å². The van der Waals surface area contributed by atoms with Gasteiger partial charge in [-0.05, 0) is 36.1 Å². The van der Waals surface area contributed by atoms with Crippen LogP contribution in [-0.2, 0) is 0 Å². The highest BCUT2D eigenvalue weighted by Crippen LogP contribution is 2.17. The molecule has 0 aliphatic carbocycles. The molecule has 0 aliphatic rings. The Morgan fingerprint density at radius 1 is 1.30 bits per heavy atom. The van der Waals surface area contributed by atoms with Crippen LogP contribution in [0.25, 0.3) is 0 Å². The van der Waals surface area contributed by atoms with Crippen molar-refractivity contribution < 1.29 is 4.79 Å². The molecule has 1 aromatic carbocycles. The van der Waals surface area contributed by atoms with Gasteiger partial charge in [0.25, 0.3) is 5.91 Å². The molecule has 0 saturated heterocycles. The van der Waals surface area contributed by atoms with Gasteiger partial charge in [0.05, 0.1) is 6.54 Å². The van der Waals surface area contributed by atoms with Crippen molar-refractivity contribution in [1.29, 1.82) is 0 Å². The average molecular weight is 272 g/mol. The van der Waals surface area contributed by atoms with E-state index in [2.05, 4.69) is 32.6 Å². The topological polar surface area (TPSA) is 46.3 Å². The minimum absolute atomic E-state index is 0.0272. The molecule has 0 aromatic heterocycles. The van der Waals surface area contributed by atoms with Crippen molar-refractivity contribution in [3.8, 4) is 11.8 Å². The maximum absolute atomic E-state index is 12.5. The monoisotopic (exact) mass is 272 g/mol. The lowest BCUT2D eigenvalue weighted by atomic mass is 9.96.